The molecule has 2 N–H and O–H groups in total. The number of nitrogens with one attached hydrogen (secondary N) is 2. The van der Waals surface area contributed by atoms with Gasteiger partial charge in [0.15, 0.2) is 5.16 Å². The van der Waals surface area contributed by atoms with Crippen molar-refractivity contribution in [1.29, 1.82) is 0 Å². The Kier molecular flexibility index (Phi) is 7.04. The zero-order valence-corrected chi connectivity index (χ0v) is 19.4. The lowest BCUT2D eigenvalue weighted by Crippen LogP contribution is -2.30. The molecule has 170 valence electrons. The number of carbonyl (C=O) groups excluding carboxylic acids is 1. The first-order valence-corrected chi connectivity index (χ1v) is 11.3. The average Bonchev–Trinajstić information content (AvgIpc) is 3.28. The van der Waals surface area contributed by atoms with Crippen LogP contribution >= 0.6 is 11.8 Å². The van der Waals surface area contributed by atoms with E-state index >= 15 is 0 Å². The monoisotopic (exact) mass is 463 g/mol. The minimum atomic E-state index is -0.310. The molecular formula is C25H25N3O4S. The number of fused-ring (bicyclic) bond motifs is 1. The molecule has 0 fully saturated rings. The molecule has 0 aliphatic heterocycles. The van der Waals surface area contributed by atoms with E-state index in [0.29, 0.717) is 5.16 Å². The standard InChI is InChI=1S/C25H25N3O4S/c1-30-18-8-4-16(5-9-18)24(17-6-10-19(31-2)11-7-17)28-23(29)15-33-25-26-21-13-12-20(32-3)14-22(21)27-25/h4-14,24H,15H2,1-3H3,(H,26,27)(H,28,29). The molecule has 0 saturated heterocycles. The molecule has 0 bridgehead atoms. The molecule has 1 heterocycles. The topological polar surface area (TPSA) is 85.5 Å². The second-order valence-electron chi connectivity index (χ2n) is 7.26. The van der Waals surface area contributed by atoms with Gasteiger partial charge in [-0.15, -0.1) is 0 Å². The first-order valence-electron chi connectivity index (χ1n) is 10.3. The number of ether oxygens (including phenoxy) is 3. The number of aromatic amines is 1. The number of nitrogens with zero attached hydrogens (tertiary/aromatic N) is 1. The molecule has 7 nitrogen and oxygen atoms in total. The first-order chi connectivity index (χ1) is 16.1. The molecule has 1 amide bonds. The molecule has 0 saturated carbocycles. The molecule has 0 atom stereocenters. The van der Waals surface area contributed by atoms with Crippen LogP contribution in [0, 0.1) is 0 Å². The largest absolute Gasteiger partial charge is 0.497 e. The maximum Gasteiger partial charge on any atom is 0.231 e. The van der Waals surface area contributed by atoms with Gasteiger partial charge < -0.3 is 24.5 Å². The van der Waals surface area contributed by atoms with Crippen LogP contribution in [0.3, 0.4) is 0 Å². The van der Waals surface area contributed by atoms with Crippen LogP contribution in [0.4, 0.5) is 0 Å². The Morgan fingerprint density at radius 1 is 0.879 bits per heavy atom. The third-order valence-electron chi connectivity index (χ3n) is 5.21. The molecule has 0 radical (unpaired) electrons. The van der Waals surface area contributed by atoms with Gasteiger partial charge in [0.1, 0.15) is 17.2 Å². The Labute approximate surface area is 196 Å². The number of carbonyl (C=O) groups is 1. The summed E-state index contributed by atoms with van der Waals surface area (Å²) >= 11 is 1.35. The van der Waals surface area contributed by atoms with Crippen LogP contribution in [-0.4, -0.2) is 43.0 Å². The Morgan fingerprint density at radius 3 is 1.97 bits per heavy atom. The Morgan fingerprint density at radius 2 is 1.42 bits per heavy atom. The van der Waals surface area contributed by atoms with Crippen LogP contribution in [0.1, 0.15) is 17.2 Å². The van der Waals surface area contributed by atoms with E-state index in [1.165, 1.54) is 11.8 Å². The zero-order chi connectivity index (χ0) is 23.2. The second kappa shape index (κ2) is 10.3. The molecular weight excluding hydrogens is 438 g/mol. The molecule has 0 unspecified atom stereocenters. The maximum absolute atomic E-state index is 12.9. The van der Waals surface area contributed by atoms with Crippen LogP contribution in [0.15, 0.2) is 71.9 Å². The Bertz CT molecular complexity index is 1180. The third-order valence-corrected chi connectivity index (χ3v) is 6.08. The summed E-state index contributed by atoms with van der Waals surface area (Å²) in [5.74, 6) is 2.39. The van der Waals surface area contributed by atoms with Gasteiger partial charge in [0.2, 0.25) is 5.91 Å². The summed E-state index contributed by atoms with van der Waals surface area (Å²) in [6.45, 7) is 0. The first kappa shape index (κ1) is 22.5. The SMILES string of the molecule is COc1ccc(C(NC(=O)CSc2nc3ccc(OC)cc3[nH]2)c2ccc(OC)cc2)cc1. The number of imidazole rings is 1. The van der Waals surface area contributed by atoms with Crippen molar-refractivity contribution in [2.75, 3.05) is 27.1 Å². The van der Waals surface area contributed by atoms with Gasteiger partial charge in [-0.3, -0.25) is 4.79 Å². The van der Waals surface area contributed by atoms with Gasteiger partial charge in [-0.25, -0.2) is 4.98 Å². The van der Waals surface area contributed by atoms with Crippen molar-refractivity contribution < 1.29 is 19.0 Å². The summed E-state index contributed by atoms with van der Waals surface area (Å²) in [5, 5.41) is 3.82. The van der Waals surface area contributed by atoms with Gasteiger partial charge in [0, 0.05) is 6.07 Å². The summed E-state index contributed by atoms with van der Waals surface area (Å²) in [6, 6.07) is 20.7. The van der Waals surface area contributed by atoms with E-state index in [2.05, 4.69) is 15.3 Å². The molecule has 1 aromatic heterocycles. The lowest BCUT2D eigenvalue weighted by molar-refractivity contribution is -0.119. The minimum Gasteiger partial charge on any atom is -0.497 e. The Hall–Kier alpha value is -3.65. The van der Waals surface area contributed by atoms with Gasteiger partial charge in [-0.1, -0.05) is 36.0 Å². The number of rotatable bonds is 9. The number of aromatic nitrogens is 2. The van der Waals surface area contributed by atoms with Crippen LogP contribution in [0.25, 0.3) is 11.0 Å². The number of hydrogen-bond donors (Lipinski definition) is 2. The number of hydrogen-bond acceptors (Lipinski definition) is 6. The highest BCUT2D eigenvalue weighted by molar-refractivity contribution is 7.99. The molecule has 4 aromatic rings. The lowest BCUT2D eigenvalue weighted by Gasteiger charge is -2.20. The van der Waals surface area contributed by atoms with Crippen molar-refractivity contribution in [3.63, 3.8) is 0 Å². The van der Waals surface area contributed by atoms with Gasteiger partial charge in [0.25, 0.3) is 0 Å². The maximum atomic E-state index is 12.9. The summed E-state index contributed by atoms with van der Waals surface area (Å²) in [6.07, 6.45) is 0. The van der Waals surface area contributed by atoms with E-state index in [-0.39, 0.29) is 17.7 Å². The average molecular weight is 464 g/mol. The highest BCUT2D eigenvalue weighted by Crippen LogP contribution is 2.27. The quantitative estimate of drug-likeness (QED) is 0.353. The van der Waals surface area contributed by atoms with Gasteiger partial charge in [0.05, 0.1) is 44.2 Å². The Balaban J connectivity index is 1.49. The van der Waals surface area contributed by atoms with Crippen molar-refractivity contribution in [3.05, 3.63) is 77.9 Å². The predicted molar refractivity (Wildman–Crippen MR) is 129 cm³/mol. The summed E-state index contributed by atoms with van der Waals surface area (Å²) in [7, 11) is 4.88. The van der Waals surface area contributed by atoms with Crippen molar-refractivity contribution in [2.45, 2.75) is 11.2 Å². The highest BCUT2D eigenvalue weighted by Gasteiger charge is 2.18. The molecule has 33 heavy (non-hydrogen) atoms. The van der Waals surface area contributed by atoms with E-state index in [1.807, 2.05) is 66.7 Å². The fourth-order valence-electron chi connectivity index (χ4n) is 3.45. The van der Waals surface area contributed by atoms with E-state index in [0.717, 1.165) is 39.4 Å². The zero-order valence-electron chi connectivity index (χ0n) is 18.6. The summed E-state index contributed by atoms with van der Waals surface area (Å²) < 4.78 is 15.8. The lowest BCUT2D eigenvalue weighted by atomic mass is 9.98. The fraction of sp³-hybridized carbons (Fsp3) is 0.200. The molecule has 4 rings (SSSR count). The summed E-state index contributed by atoms with van der Waals surface area (Å²) in [4.78, 5) is 20.7. The normalized spacial score (nSPS) is 10.9. The number of benzene rings is 3. The van der Waals surface area contributed by atoms with Crippen molar-refractivity contribution in [2.24, 2.45) is 0 Å². The van der Waals surface area contributed by atoms with Crippen LogP contribution < -0.4 is 19.5 Å². The van der Waals surface area contributed by atoms with Crippen molar-refractivity contribution >= 4 is 28.7 Å². The van der Waals surface area contributed by atoms with E-state index in [4.69, 9.17) is 14.2 Å². The van der Waals surface area contributed by atoms with Crippen molar-refractivity contribution in [3.8, 4) is 17.2 Å². The van der Waals surface area contributed by atoms with Gasteiger partial charge >= 0.3 is 0 Å². The second-order valence-corrected chi connectivity index (χ2v) is 8.22. The van der Waals surface area contributed by atoms with Crippen LogP contribution in [0.5, 0.6) is 17.2 Å². The highest BCUT2D eigenvalue weighted by atomic mass is 32.2. The van der Waals surface area contributed by atoms with Crippen LogP contribution in [0.2, 0.25) is 0 Å². The van der Waals surface area contributed by atoms with E-state index in [1.54, 1.807) is 21.3 Å². The summed E-state index contributed by atoms with van der Waals surface area (Å²) in [5.41, 5.74) is 3.60. The fourth-order valence-corrected chi connectivity index (χ4v) is 4.15. The molecule has 0 aliphatic rings. The molecule has 3 aromatic carbocycles. The predicted octanol–water partition coefficient (Wildman–Crippen LogP) is 4.59. The van der Waals surface area contributed by atoms with Gasteiger partial charge in [-0.2, -0.15) is 0 Å². The molecule has 0 aliphatic carbocycles. The van der Waals surface area contributed by atoms with E-state index in [9.17, 15) is 4.79 Å². The number of thioether (sulfide) groups is 1. The molecule has 8 heteroatoms. The van der Waals surface area contributed by atoms with E-state index < -0.39 is 0 Å². The molecule has 0 spiro atoms. The number of amides is 1. The van der Waals surface area contributed by atoms with Crippen molar-refractivity contribution in [1.82, 2.24) is 15.3 Å². The number of methoxy groups -OCH3 is 3. The third kappa shape index (κ3) is 5.40. The minimum absolute atomic E-state index is 0.102. The van der Waals surface area contributed by atoms with Gasteiger partial charge in [-0.05, 0) is 47.5 Å². The van der Waals surface area contributed by atoms with Crippen LogP contribution in [-0.2, 0) is 4.79 Å². The number of H-pyrrole nitrogens is 1. The smallest absolute Gasteiger partial charge is 0.231 e.